The van der Waals surface area contributed by atoms with Gasteiger partial charge in [0.1, 0.15) is 6.04 Å². The number of methoxy groups -OCH3 is 2. The quantitative estimate of drug-likeness (QED) is 0.865. The molecule has 134 valence electrons. The number of carbonyl (C=O) groups is 1. The van der Waals surface area contributed by atoms with Gasteiger partial charge in [-0.2, -0.15) is 4.98 Å². The highest BCUT2D eigenvalue weighted by atomic mass is 16.5. The van der Waals surface area contributed by atoms with Crippen molar-refractivity contribution in [3.05, 3.63) is 24.1 Å². The summed E-state index contributed by atoms with van der Waals surface area (Å²) in [5.74, 6) is 2.22. The molecule has 0 bridgehead atoms. The molecule has 2 aromatic rings. The number of amides is 1. The molecule has 7 nitrogen and oxygen atoms in total. The first-order chi connectivity index (χ1) is 12.1. The molecular weight excluding hydrogens is 322 g/mol. The van der Waals surface area contributed by atoms with Crippen LogP contribution in [0.25, 0.3) is 11.4 Å². The first kappa shape index (κ1) is 17.3. The average molecular weight is 345 g/mol. The largest absolute Gasteiger partial charge is 0.493 e. The Hall–Kier alpha value is -2.57. The first-order valence-electron chi connectivity index (χ1n) is 8.48. The van der Waals surface area contributed by atoms with E-state index in [1.807, 2.05) is 13.0 Å². The highest BCUT2D eigenvalue weighted by molar-refractivity contribution is 5.79. The van der Waals surface area contributed by atoms with Crippen LogP contribution in [0.15, 0.2) is 22.7 Å². The summed E-state index contributed by atoms with van der Waals surface area (Å²) >= 11 is 0. The molecule has 0 radical (unpaired) electrons. The molecule has 0 aliphatic heterocycles. The molecule has 0 spiro atoms. The van der Waals surface area contributed by atoms with Gasteiger partial charge in [0.15, 0.2) is 11.5 Å². The Bertz CT molecular complexity index is 738. The van der Waals surface area contributed by atoms with Gasteiger partial charge in [0, 0.05) is 11.5 Å². The summed E-state index contributed by atoms with van der Waals surface area (Å²) in [5.41, 5.74) is 0.752. The van der Waals surface area contributed by atoms with Crippen molar-refractivity contribution in [2.75, 3.05) is 14.2 Å². The summed E-state index contributed by atoms with van der Waals surface area (Å²) in [6.07, 6.45) is 4.16. The Morgan fingerprint density at radius 3 is 2.64 bits per heavy atom. The molecule has 1 aliphatic carbocycles. The second-order valence-electron chi connectivity index (χ2n) is 6.24. The summed E-state index contributed by atoms with van der Waals surface area (Å²) in [7, 11) is 3.16. The Kier molecular flexibility index (Phi) is 5.21. The van der Waals surface area contributed by atoms with Crippen LogP contribution in [-0.2, 0) is 4.79 Å². The van der Waals surface area contributed by atoms with Crippen LogP contribution >= 0.6 is 0 Å². The van der Waals surface area contributed by atoms with Crippen LogP contribution in [0.4, 0.5) is 0 Å². The van der Waals surface area contributed by atoms with Gasteiger partial charge in [-0.05, 0) is 38.0 Å². The molecule has 1 amide bonds. The maximum Gasteiger partial charge on any atom is 0.249 e. The molecule has 1 N–H and O–H groups in total. The van der Waals surface area contributed by atoms with Crippen LogP contribution in [-0.4, -0.2) is 30.3 Å². The van der Waals surface area contributed by atoms with E-state index in [-0.39, 0.29) is 17.9 Å². The van der Waals surface area contributed by atoms with Crippen LogP contribution in [0.5, 0.6) is 11.5 Å². The number of hydrogen-bond acceptors (Lipinski definition) is 6. The van der Waals surface area contributed by atoms with Crippen LogP contribution in [0.3, 0.4) is 0 Å². The van der Waals surface area contributed by atoms with E-state index in [9.17, 15) is 4.79 Å². The standard InChI is InChI=1S/C18H23N3O4/c1-11(19-17(22)12-6-4-5-7-12)18-20-16(21-25-18)13-8-9-14(23-2)15(10-13)24-3/h8-12H,4-7H2,1-3H3,(H,19,22)/t11-/m1/s1. The molecule has 0 saturated heterocycles. The van der Waals surface area contributed by atoms with Gasteiger partial charge in [0.2, 0.25) is 17.6 Å². The Balaban J connectivity index is 1.72. The molecule has 25 heavy (non-hydrogen) atoms. The predicted molar refractivity (Wildman–Crippen MR) is 91.4 cm³/mol. The number of carbonyl (C=O) groups excluding carboxylic acids is 1. The monoisotopic (exact) mass is 345 g/mol. The van der Waals surface area contributed by atoms with Gasteiger partial charge in [-0.25, -0.2) is 0 Å². The molecule has 3 rings (SSSR count). The van der Waals surface area contributed by atoms with Crippen LogP contribution in [0.1, 0.15) is 44.5 Å². The van der Waals surface area contributed by atoms with E-state index >= 15 is 0 Å². The lowest BCUT2D eigenvalue weighted by Gasteiger charge is -2.13. The molecule has 1 saturated carbocycles. The van der Waals surface area contributed by atoms with E-state index in [1.165, 1.54) is 0 Å². The molecule has 1 atom stereocenters. The first-order valence-corrected chi connectivity index (χ1v) is 8.48. The van der Waals surface area contributed by atoms with Gasteiger partial charge in [-0.1, -0.05) is 18.0 Å². The Labute approximate surface area is 146 Å². The van der Waals surface area contributed by atoms with Gasteiger partial charge in [0.25, 0.3) is 0 Å². The lowest BCUT2D eigenvalue weighted by molar-refractivity contribution is -0.125. The summed E-state index contributed by atoms with van der Waals surface area (Å²) < 4.78 is 15.8. The zero-order valence-corrected chi connectivity index (χ0v) is 14.7. The highest BCUT2D eigenvalue weighted by Gasteiger charge is 2.25. The number of nitrogens with one attached hydrogen (secondary N) is 1. The lowest BCUT2D eigenvalue weighted by atomic mass is 10.1. The fourth-order valence-corrected chi connectivity index (χ4v) is 3.08. The second kappa shape index (κ2) is 7.55. The van der Waals surface area contributed by atoms with Crippen LogP contribution < -0.4 is 14.8 Å². The lowest BCUT2D eigenvalue weighted by Crippen LogP contribution is -2.31. The van der Waals surface area contributed by atoms with Crippen LogP contribution in [0, 0.1) is 5.92 Å². The smallest absolute Gasteiger partial charge is 0.249 e. The van der Waals surface area contributed by atoms with Crippen molar-refractivity contribution in [1.82, 2.24) is 15.5 Å². The van der Waals surface area contributed by atoms with Crippen molar-refractivity contribution in [2.45, 2.75) is 38.6 Å². The molecule has 1 fully saturated rings. The van der Waals surface area contributed by atoms with E-state index in [0.29, 0.717) is 23.2 Å². The van der Waals surface area contributed by atoms with Gasteiger partial charge in [0.05, 0.1) is 14.2 Å². The van der Waals surface area contributed by atoms with Crippen molar-refractivity contribution in [3.63, 3.8) is 0 Å². The minimum Gasteiger partial charge on any atom is -0.493 e. The minimum atomic E-state index is -0.325. The third kappa shape index (κ3) is 3.75. The third-order valence-corrected chi connectivity index (χ3v) is 4.54. The van der Waals surface area contributed by atoms with E-state index in [2.05, 4.69) is 15.5 Å². The van der Waals surface area contributed by atoms with Crippen molar-refractivity contribution < 1.29 is 18.8 Å². The summed E-state index contributed by atoms with van der Waals surface area (Å²) in [5, 5.41) is 6.97. The van der Waals surface area contributed by atoms with Crippen LogP contribution in [0.2, 0.25) is 0 Å². The maximum atomic E-state index is 12.2. The Morgan fingerprint density at radius 2 is 1.96 bits per heavy atom. The van der Waals surface area contributed by atoms with Crippen molar-refractivity contribution in [1.29, 1.82) is 0 Å². The minimum absolute atomic E-state index is 0.0656. The fraction of sp³-hybridized carbons (Fsp3) is 0.500. The molecule has 1 aliphatic rings. The van der Waals surface area contributed by atoms with Gasteiger partial charge in [-0.15, -0.1) is 0 Å². The van der Waals surface area contributed by atoms with Gasteiger partial charge >= 0.3 is 0 Å². The number of benzene rings is 1. The zero-order chi connectivity index (χ0) is 17.8. The van der Waals surface area contributed by atoms with Crippen molar-refractivity contribution in [3.8, 4) is 22.9 Å². The molecule has 0 unspecified atom stereocenters. The molecule has 1 aromatic carbocycles. The molecule has 1 heterocycles. The van der Waals surface area contributed by atoms with E-state index in [4.69, 9.17) is 14.0 Å². The normalized spacial score (nSPS) is 15.8. The highest BCUT2D eigenvalue weighted by Crippen LogP contribution is 2.31. The van der Waals surface area contributed by atoms with Gasteiger partial charge in [-0.3, -0.25) is 4.79 Å². The van der Waals surface area contributed by atoms with Crippen molar-refractivity contribution >= 4 is 5.91 Å². The van der Waals surface area contributed by atoms with Crippen molar-refractivity contribution in [2.24, 2.45) is 5.92 Å². The van der Waals surface area contributed by atoms with E-state index in [0.717, 1.165) is 31.2 Å². The number of rotatable bonds is 6. The van der Waals surface area contributed by atoms with E-state index < -0.39 is 0 Å². The molecular formula is C18H23N3O4. The third-order valence-electron chi connectivity index (χ3n) is 4.54. The second-order valence-corrected chi connectivity index (χ2v) is 6.24. The topological polar surface area (TPSA) is 86.5 Å². The molecule has 1 aromatic heterocycles. The average Bonchev–Trinajstić information content (AvgIpc) is 3.32. The summed E-state index contributed by atoms with van der Waals surface area (Å²) in [6.45, 7) is 1.85. The maximum absolute atomic E-state index is 12.2. The number of ether oxygens (including phenoxy) is 2. The van der Waals surface area contributed by atoms with Gasteiger partial charge < -0.3 is 19.3 Å². The number of hydrogen-bond donors (Lipinski definition) is 1. The predicted octanol–water partition coefficient (Wildman–Crippen LogP) is 3.12. The van der Waals surface area contributed by atoms with E-state index in [1.54, 1.807) is 26.4 Å². The molecule has 7 heteroatoms. The fourth-order valence-electron chi connectivity index (χ4n) is 3.08. The zero-order valence-electron chi connectivity index (χ0n) is 14.7. The SMILES string of the molecule is COc1ccc(-c2noc([C@@H](C)NC(=O)C3CCCC3)n2)cc1OC. The summed E-state index contributed by atoms with van der Waals surface area (Å²) in [6, 6.07) is 5.08. The Morgan fingerprint density at radius 1 is 1.24 bits per heavy atom. The number of aromatic nitrogens is 2. The number of nitrogens with zero attached hydrogens (tertiary/aromatic N) is 2. The summed E-state index contributed by atoms with van der Waals surface area (Å²) in [4.78, 5) is 16.6.